The molecule has 0 spiro atoms. The fourth-order valence-corrected chi connectivity index (χ4v) is 3.82. The summed E-state index contributed by atoms with van der Waals surface area (Å²) >= 11 is 12.4. The van der Waals surface area contributed by atoms with E-state index in [0.717, 1.165) is 6.42 Å². The van der Waals surface area contributed by atoms with Gasteiger partial charge in [-0.3, -0.25) is 0 Å². The number of benzene rings is 1. The Bertz CT molecular complexity index is 698. The summed E-state index contributed by atoms with van der Waals surface area (Å²) in [6, 6.07) is 1.50. The zero-order chi connectivity index (χ0) is 16.9. The van der Waals surface area contributed by atoms with Crippen molar-refractivity contribution in [2.24, 2.45) is 11.1 Å². The first-order chi connectivity index (χ1) is 11.7. The van der Waals surface area contributed by atoms with E-state index in [2.05, 4.69) is 15.1 Å². The Morgan fingerprint density at radius 1 is 1.25 bits per heavy atom. The van der Waals surface area contributed by atoms with Crippen LogP contribution in [0.4, 0.5) is 5.69 Å². The zero-order valence-electron chi connectivity index (χ0n) is 13.2. The number of hydrogen-bond donors (Lipinski definition) is 1. The summed E-state index contributed by atoms with van der Waals surface area (Å²) in [6.45, 7) is 0.547. The van der Waals surface area contributed by atoms with Crippen LogP contribution < -0.4 is 4.74 Å². The van der Waals surface area contributed by atoms with Gasteiger partial charge >= 0.3 is 0 Å². The Balaban J connectivity index is 1.84. The second-order valence-electron chi connectivity index (χ2n) is 6.09. The van der Waals surface area contributed by atoms with Crippen LogP contribution in [0.2, 0.25) is 10.0 Å². The van der Waals surface area contributed by atoms with Crippen LogP contribution in [0.5, 0.6) is 5.75 Å². The topological polar surface area (TPSA) is 67.3 Å². The minimum absolute atomic E-state index is 0.109. The predicted octanol–water partition coefficient (Wildman–Crippen LogP) is 6.13. The molecule has 0 unspecified atom stereocenters. The number of aromatic nitrogens is 2. The molecule has 0 radical (unpaired) electrons. The van der Waals surface area contributed by atoms with E-state index in [-0.39, 0.29) is 10.7 Å². The number of nitroso groups, excluding NO2 is 1. The summed E-state index contributed by atoms with van der Waals surface area (Å²) in [5.41, 5.74) is 1.17. The number of nitrogens with one attached hydrogen (secondary N) is 1. The third-order valence-electron chi connectivity index (χ3n) is 4.52. The van der Waals surface area contributed by atoms with Gasteiger partial charge in [-0.1, -0.05) is 55.3 Å². The average Bonchev–Trinajstić information content (AvgIpc) is 3.11. The molecule has 0 amide bonds. The molecular formula is C17H19Cl2N3O2. The quantitative estimate of drug-likeness (QED) is 0.624. The highest BCUT2D eigenvalue weighted by Crippen LogP contribution is 2.46. The predicted molar refractivity (Wildman–Crippen MR) is 96.2 cm³/mol. The summed E-state index contributed by atoms with van der Waals surface area (Å²) in [7, 11) is 0. The maximum atomic E-state index is 11.3. The maximum Gasteiger partial charge on any atom is 0.149 e. The van der Waals surface area contributed by atoms with Crippen molar-refractivity contribution in [3.63, 3.8) is 0 Å². The van der Waals surface area contributed by atoms with Gasteiger partial charge < -0.3 is 9.72 Å². The molecule has 1 fully saturated rings. The van der Waals surface area contributed by atoms with Crippen molar-refractivity contribution in [3.05, 3.63) is 33.5 Å². The Morgan fingerprint density at radius 3 is 2.71 bits per heavy atom. The monoisotopic (exact) mass is 367 g/mol. The Labute approximate surface area is 150 Å². The largest absolute Gasteiger partial charge is 0.491 e. The van der Waals surface area contributed by atoms with E-state index in [9.17, 15) is 4.91 Å². The minimum atomic E-state index is 0.109. The molecule has 0 aliphatic heterocycles. The number of halogens is 2. The van der Waals surface area contributed by atoms with Gasteiger partial charge in [0.15, 0.2) is 0 Å². The lowest BCUT2D eigenvalue weighted by atomic mass is 9.87. The molecule has 3 rings (SSSR count). The van der Waals surface area contributed by atoms with Crippen molar-refractivity contribution in [2.75, 3.05) is 6.61 Å². The highest BCUT2D eigenvalue weighted by atomic mass is 35.5. The molecule has 0 saturated heterocycles. The molecule has 5 nitrogen and oxygen atoms in total. The fraction of sp³-hybridized carbons (Fsp3) is 0.471. The lowest BCUT2D eigenvalue weighted by Gasteiger charge is -2.22. The molecule has 0 atom stereocenters. The first-order valence-corrected chi connectivity index (χ1v) is 8.93. The van der Waals surface area contributed by atoms with E-state index < -0.39 is 0 Å². The van der Waals surface area contributed by atoms with Gasteiger partial charge in [0.2, 0.25) is 0 Å². The van der Waals surface area contributed by atoms with Crippen molar-refractivity contribution >= 4 is 28.9 Å². The normalized spacial score (nSPS) is 15.4. The summed E-state index contributed by atoms with van der Waals surface area (Å²) < 4.78 is 5.95. The van der Waals surface area contributed by atoms with Gasteiger partial charge in [-0.05, 0) is 23.6 Å². The summed E-state index contributed by atoms with van der Waals surface area (Å²) in [4.78, 5) is 18.2. The number of imidazole rings is 1. The number of nitrogens with zero attached hydrogens (tertiary/aromatic N) is 2. The van der Waals surface area contributed by atoms with Crippen LogP contribution in [0.1, 0.15) is 38.5 Å². The molecule has 1 saturated carbocycles. The van der Waals surface area contributed by atoms with E-state index in [1.54, 1.807) is 6.20 Å². The number of H-pyrrole nitrogens is 1. The second kappa shape index (κ2) is 7.99. The van der Waals surface area contributed by atoms with E-state index in [4.69, 9.17) is 27.9 Å². The van der Waals surface area contributed by atoms with Crippen molar-refractivity contribution in [3.8, 4) is 17.0 Å². The zero-order valence-corrected chi connectivity index (χ0v) is 14.7. The molecule has 24 heavy (non-hydrogen) atoms. The van der Waals surface area contributed by atoms with Crippen LogP contribution in [-0.4, -0.2) is 16.6 Å². The molecular weight excluding hydrogens is 349 g/mol. The molecule has 128 valence electrons. The molecule has 0 bridgehead atoms. The minimum Gasteiger partial charge on any atom is -0.491 e. The molecule has 2 aromatic rings. The number of aromatic amines is 1. The van der Waals surface area contributed by atoms with Gasteiger partial charge in [0.05, 0.1) is 40.4 Å². The molecule has 7 heteroatoms. The summed E-state index contributed by atoms with van der Waals surface area (Å²) in [6.07, 6.45) is 10.5. The van der Waals surface area contributed by atoms with Gasteiger partial charge in [0.25, 0.3) is 0 Å². The van der Waals surface area contributed by atoms with Gasteiger partial charge in [-0.2, -0.15) is 0 Å². The summed E-state index contributed by atoms with van der Waals surface area (Å²) in [5, 5.41) is 3.61. The number of ether oxygens (including phenoxy) is 1. The highest BCUT2D eigenvalue weighted by Gasteiger charge is 2.22. The smallest absolute Gasteiger partial charge is 0.149 e. The van der Waals surface area contributed by atoms with Crippen molar-refractivity contribution in [1.82, 2.24) is 9.97 Å². The molecule has 1 heterocycles. The summed E-state index contributed by atoms with van der Waals surface area (Å²) in [5.74, 6) is 1.12. The standard InChI is InChI=1S/C17H19Cl2N3O2/c18-12-8-13(19)17(24-7-6-11-4-2-1-3-5-11)15(16(12)22-23)14-9-20-10-21-14/h8-11H,1-7H2,(H,20,21). The average molecular weight is 368 g/mol. The maximum absolute atomic E-state index is 11.3. The Hall–Kier alpha value is -1.59. The van der Waals surface area contributed by atoms with Crippen LogP contribution in [0.25, 0.3) is 11.3 Å². The first kappa shape index (κ1) is 17.2. The first-order valence-electron chi connectivity index (χ1n) is 8.17. The van der Waals surface area contributed by atoms with E-state index in [1.165, 1.54) is 44.5 Å². The Kier molecular flexibility index (Phi) is 5.74. The van der Waals surface area contributed by atoms with Crippen molar-refractivity contribution in [1.29, 1.82) is 0 Å². The molecule has 1 aromatic heterocycles. The van der Waals surface area contributed by atoms with Gasteiger partial charge in [0, 0.05) is 0 Å². The van der Waals surface area contributed by atoms with E-state index >= 15 is 0 Å². The molecule has 1 N–H and O–H groups in total. The van der Waals surface area contributed by atoms with Crippen LogP contribution in [-0.2, 0) is 0 Å². The van der Waals surface area contributed by atoms with E-state index in [0.29, 0.717) is 34.6 Å². The number of hydrogen-bond acceptors (Lipinski definition) is 4. The van der Waals surface area contributed by atoms with Crippen LogP contribution in [0.15, 0.2) is 23.8 Å². The van der Waals surface area contributed by atoms with Gasteiger partial charge in [-0.15, -0.1) is 4.91 Å². The van der Waals surface area contributed by atoms with Crippen LogP contribution in [0.3, 0.4) is 0 Å². The lowest BCUT2D eigenvalue weighted by Crippen LogP contribution is -2.11. The van der Waals surface area contributed by atoms with Crippen molar-refractivity contribution in [2.45, 2.75) is 38.5 Å². The lowest BCUT2D eigenvalue weighted by molar-refractivity contribution is 0.247. The van der Waals surface area contributed by atoms with Gasteiger partial charge in [-0.25, -0.2) is 4.98 Å². The fourth-order valence-electron chi connectivity index (χ4n) is 3.27. The van der Waals surface area contributed by atoms with Crippen molar-refractivity contribution < 1.29 is 4.74 Å². The SMILES string of the molecule is O=Nc1c(Cl)cc(Cl)c(OCCC2CCCCC2)c1-c1cnc[nH]1. The molecule has 1 aliphatic carbocycles. The van der Waals surface area contributed by atoms with Crippen LogP contribution in [0, 0.1) is 10.8 Å². The van der Waals surface area contributed by atoms with Gasteiger partial charge in [0.1, 0.15) is 11.4 Å². The second-order valence-corrected chi connectivity index (χ2v) is 6.91. The third-order valence-corrected chi connectivity index (χ3v) is 5.09. The highest BCUT2D eigenvalue weighted by molar-refractivity contribution is 6.38. The third kappa shape index (κ3) is 3.73. The van der Waals surface area contributed by atoms with E-state index in [1.807, 2.05) is 0 Å². The Morgan fingerprint density at radius 2 is 2.04 bits per heavy atom. The molecule has 1 aliphatic rings. The molecule has 1 aromatic carbocycles. The number of rotatable bonds is 6. The van der Waals surface area contributed by atoms with Crippen LogP contribution >= 0.6 is 23.2 Å².